The maximum Gasteiger partial charge on any atom is 0.242 e. The molecule has 0 saturated heterocycles. The summed E-state index contributed by atoms with van der Waals surface area (Å²) in [4.78, 5) is 0. The summed E-state index contributed by atoms with van der Waals surface area (Å²) in [5.74, 6) is 0. The number of hydrogen-bond acceptors (Lipinski definition) is 0. The highest BCUT2D eigenvalue weighted by molar-refractivity contribution is 6.96. The molecule has 0 heterocycles. The van der Waals surface area contributed by atoms with Crippen LogP contribution in [0.3, 0.4) is 0 Å². The van der Waals surface area contributed by atoms with Crippen LogP contribution in [-0.4, -0.2) is 6.71 Å². The van der Waals surface area contributed by atoms with Gasteiger partial charge in [0.25, 0.3) is 0 Å². The van der Waals surface area contributed by atoms with Crippen molar-refractivity contribution in [3.05, 3.63) is 86.0 Å². The van der Waals surface area contributed by atoms with E-state index in [9.17, 15) is 0 Å². The van der Waals surface area contributed by atoms with E-state index in [4.69, 9.17) is 0 Å². The predicted octanol–water partition coefficient (Wildman–Crippen LogP) is 5.29. The third-order valence-electron chi connectivity index (χ3n) is 6.92. The fraction of sp³-hybridized carbons (Fsp3) is 0.357. The van der Waals surface area contributed by atoms with Gasteiger partial charge < -0.3 is 0 Å². The normalized spacial score (nSPS) is 11.1. The molecule has 0 saturated carbocycles. The lowest BCUT2D eigenvalue weighted by molar-refractivity contribution is 1.25. The number of hydrogen-bond donors (Lipinski definition) is 0. The molecule has 0 nitrogen and oxygen atoms in total. The van der Waals surface area contributed by atoms with Crippen LogP contribution in [-0.2, 0) is 0 Å². The Labute approximate surface area is 178 Å². The van der Waals surface area contributed by atoms with Crippen LogP contribution in [0.1, 0.15) is 55.6 Å². The van der Waals surface area contributed by atoms with E-state index >= 15 is 0 Å². The summed E-state index contributed by atoms with van der Waals surface area (Å²) in [5, 5.41) is 0. The standard InChI is InChI=1S/C28H35B/c1-16-11-21(6)27(22(7)12-16)29(26-15-18(3)17(2)13-20(26)5)28-23(8)14-19(4)24(9)25(28)10/h11-15H,1-10H3. The van der Waals surface area contributed by atoms with Crippen molar-refractivity contribution in [3.63, 3.8) is 0 Å². The van der Waals surface area contributed by atoms with Crippen LogP contribution in [0.4, 0.5) is 0 Å². The summed E-state index contributed by atoms with van der Waals surface area (Å²) in [6.45, 7) is 22.9. The first-order valence-corrected chi connectivity index (χ1v) is 10.8. The molecule has 3 aromatic carbocycles. The first kappa shape index (κ1) is 21.4. The topological polar surface area (TPSA) is 0 Å². The predicted molar refractivity (Wildman–Crippen MR) is 131 cm³/mol. The Balaban J connectivity index is 2.46. The molecule has 0 fully saturated rings. The lowest BCUT2D eigenvalue weighted by atomic mass is 9.33. The van der Waals surface area contributed by atoms with Gasteiger partial charge in [-0.3, -0.25) is 0 Å². The molecule has 0 atom stereocenters. The van der Waals surface area contributed by atoms with Gasteiger partial charge in [-0.15, -0.1) is 0 Å². The summed E-state index contributed by atoms with van der Waals surface area (Å²) in [7, 11) is 0. The van der Waals surface area contributed by atoms with Crippen molar-refractivity contribution >= 4 is 23.1 Å². The maximum atomic E-state index is 2.43. The zero-order valence-corrected chi connectivity index (χ0v) is 20.0. The molecule has 0 N–H and O–H groups in total. The summed E-state index contributed by atoms with van der Waals surface area (Å²) in [5.41, 5.74) is 18.3. The molecule has 29 heavy (non-hydrogen) atoms. The minimum Gasteiger partial charge on any atom is -0.0655 e. The summed E-state index contributed by atoms with van der Waals surface area (Å²) < 4.78 is 0. The Morgan fingerprint density at radius 1 is 0.414 bits per heavy atom. The lowest BCUT2D eigenvalue weighted by Crippen LogP contribution is -2.57. The van der Waals surface area contributed by atoms with E-state index in [0.29, 0.717) is 0 Å². The van der Waals surface area contributed by atoms with Gasteiger partial charge in [0.2, 0.25) is 6.71 Å². The van der Waals surface area contributed by atoms with Gasteiger partial charge in [0.1, 0.15) is 0 Å². The highest BCUT2D eigenvalue weighted by Crippen LogP contribution is 2.18. The van der Waals surface area contributed by atoms with Gasteiger partial charge in [0.05, 0.1) is 0 Å². The second-order valence-corrected chi connectivity index (χ2v) is 9.21. The molecule has 0 amide bonds. The number of aryl methyl sites for hydroxylation is 8. The van der Waals surface area contributed by atoms with Crippen molar-refractivity contribution in [2.75, 3.05) is 0 Å². The summed E-state index contributed by atoms with van der Waals surface area (Å²) in [6.07, 6.45) is 0. The zero-order chi connectivity index (χ0) is 21.6. The molecule has 0 aromatic heterocycles. The fourth-order valence-corrected chi connectivity index (χ4v) is 5.14. The van der Waals surface area contributed by atoms with E-state index in [2.05, 4.69) is 99.6 Å². The van der Waals surface area contributed by atoms with Gasteiger partial charge in [0.15, 0.2) is 0 Å². The Hall–Kier alpha value is -2.28. The third kappa shape index (κ3) is 3.80. The Kier molecular flexibility index (Phi) is 5.81. The van der Waals surface area contributed by atoms with Crippen molar-refractivity contribution in [1.29, 1.82) is 0 Å². The summed E-state index contributed by atoms with van der Waals surface area (Å²) >= 11 is 0. The van der Waals surface area contributed by atoms with Crippen LogP contribution < -0.4 is 16.4 Å². The average molecular weight is 382 g/mol. The monoisotopic (exact) mass is 382 g/mol. The molecule has 0 aliphatic rings. The lowest BCUT2D eigenvalue weighted by Gasteiger charge is -2.27. The van der Waals surface area contributed by atoms with Crippen LogP contribution in [0.5, 0.6) is 0 Å². The van der Waals surface area contributed by atoms with Gasteiger partial charge in [-0.2, -0.15) is 0 Å². The average Bonchev–Trinajstić information content (AvgIpc) is 2.61. The van der Waals surface area contributed by atoms with Crippen molar-refractivity contribution in [2.24, 2.45) is 0 Å². The van der Waals surface area contributed by atoms with Crippen molar-refractivity contribution in [1.82, 2.24) is 0 Å². The van der Waals surface area contributed by atoms with Gasteiger partial charge in [-0.25, -0.2) is 0 Å². The molecular weight excluding hydrogens is 347 g/mol. The molecule has 150 valence electrons. The molecule has 3 rings (SSSR count). The number of rotatable bonds is 3. The summed E-state index contributed by atoms with van der Waals surface area (Å²) in [6, 6.07) is 11.9. The second kappa shape index (κ2) is 7.86. The smallest absolute Gasteiger partial charge is 0.0655 e. The minimum absolute atomic E-state index is 0.259. The zero-order valence-electron chi connectivity index (χ0n) is 20.0. The van der Waals surface area contributed by atoms with Crippen LogP contribution in [0.2, 0.25) is 0 Å². The molecule has 0 aliphatic carbocycles. The van der Waals surface area contributed by atoms with Gasteiger partial charge in [-0.1, -0.05) is 80.1 Å². The molecule has 0 bridgehead atoms. The molecule has 0 unspecified atom stereocenters. The van der Waals surface area contributed by atoms with E-state index in [1.807, 2.05) is 0 Å². The molecular formula is C28H35B. The van der Waals surface area contributed by atoms with Crippen LogP contribution in [0.15, 0.2) is 30.3 Å². The first-order chi connectivity index (χ1) is 13.5. The van der Waals surface area contributed by atoms with E-state index in [0.717, 1.165) is 0 Å². The first-order valence-electron chi connectivity index (χ1n) is 10.8. The molecule has 3 aromatic rings. The van der Waals surface area contributed by atoms with Gasteiger partial charge >= 0.3 is 0 Å². The van der Waals surface area contributed by atoms with Crippen LogP contribution >= 0.6 is 0 Å². The van der Waals surface area contributed by atoms with E-state index in [1.165, 1.54) is 72.0 Å². The molecule has 0 aliphatic heterocycles. The Morgan fingerprint density at radius 2 is 0.897 bits per heavy atom. The van der Waals surface area contributed by atoms with E-state index in [1.54, 1.807) is 0 Å². The van der Waals surface area contributed by atoms with Crippen LogP contribution in [0.25, 0.3) is 0 Å². The molecule has 0 radical (unpaired) electrons. The minimum atomic E-state index is 0.259. The Morgan fingerprint density at radius 3 is 1.48 bits per heavy atom. The highest BCUT2D eigenvalue weighted by Gasteiger charge is 2.30. The SMILES string of the molecule is Cc1cc(C)c(B(c2cc(C)c(C)cc2C)c2c(C)cc(C)c(C)c2C)c(C)c1. The van der Waals surface area contributed by atoms with Crippen molar-refractivity contribution in [3.8, 4) is 0 Å². The van der Waals surface area contributed by atoms with Gasteiger partial charge in [0, 0.05) is 0 Å². The second-order valence-electron chi connectivity index (χ2n) is 9.21. The quantitative estimate of drug-likeness (QED) is 0.540. The van der Waals surface area contributed by atoms with E-state index < -0.39 is 0 Å². The third-order valence-corrected chi connectivity index (χ3v) is 6.92. The molecule has 0 spiro atoms. The van der Waals surface area contributed by atoms with Gasteiger partial charge in [-0.05, 0) is 91.5 Å². The van der Waals surface area contributed by atoms with Crippen LogP contribution in [0, 0.1) is 69.2 Å². The fourth-order valence-electron chi connectivity index (χ4n) is 5.14. The number of benzene rings is 3. The molecule has 1 heteroatoms. The van der Waals surface area contributed by atoms with Crippen molar-refractivity contribution < 1.29 is 0 Å². The largest absolute Gasteiger partial charge is 0.242 e. The Bertz CT molecular complexity index is 1080. The maximum absolute atomic E-state index is 2.43. The van der Waals surface area contributed by atoms with E-state index in [-0.39, 0.29) is 6.71 Å². The van der Waals surface area contributed by atoms with Crippen molar-refractivity contribution in [2.45, 2.75) is 69.2 Å². The highest BCUT2D eigenvalue weighted by atomic mass is 14.1.